The summed E-state index contributed by atoms with van der Waals surface area (Å²) in [5.41, 5.74) is 0.185. The molecule has 0 aromatic rings. The standard InChI is InChI=1S/C12H25Cl/c1-8-9(2)10(3)11(4,5)12(6,7)13/h9-10H,8H2,1-7H3. The van der Waals surface area contributed by atoms with Crippen LogP contribution < -0.4 is 0 Å². The van der Waals surface area contributed by atoms with Crippen molar-refractivity contribution in [1.82, 2.24) is 0 Å². The molecule has 0 heterocycles. The van der Waals surface area contributed by atoms with E-state index in [1.54, 1.807) is 0 Å². The first-order valence-corrected chi connectivity index (χ1v) is 5.71. The van der Waals surface area contributed by atoms with E-state index in [4.69, 9.17) is 11.6 Å². The summed E-state index contributed by atoms with van der Waals surface area (Å²) in [6.45, 7) is 15.7. The Balaban J connectivity index is 4.63. The molecule has 80 valence electrons. The fraction of sp³-hybridized carbons (Fsp3) is 1.00. The molecule has 0 spiro atoms. The van der Waals surface area contributed by atoms with Crippen LogP contribution in [0.1, 0.15) is 54.9 Å². The van der Waals surface area contributed by atoms with Gasteiger partial charge in [0.15, 0.2) is 0 Å². The van der Waals surface area contributed by atoms with Gasteiger partial charge in [-0.3, -0.25) is 0 Å². The second-order valence-electron chi connectivity index (χ2n) is 5.37. The fourth-order valence-corrected chi connectivity index (χ4v) is 1.78. The lowest BCUT2D eigenvalue weighted by molar-refractivity contribution is 0.119. The summed E-state index contributed by atoms with van der Waals surface area (Å²) in [7, 11) is 0. The van der Waals surface area contributed by atoms with Gasteiger partial charge in [-0.25, -0.2) is 0 Å². The van der Waals surface area contributed by atoms with E-state index in [0.717, 1.165) is 5.92 Å². The third kappa shape index (κ3) is 2.87. The molecule has 0 saturated carbocycles. The summed E-state index contributed by atoms with van der Waals surface area (Å²) in [5.74, 6) is 1.40. The Kier molecular flexibility index (Phi) is 4.30. The Bertz CT molecular complexity index is 153. The average Bonchev–Trinajstić information content (AvgIpc) is 1.99. The van der Waals surface area contributed by atoms with E-state index < -0.39 is 0 Å². The molecular formula is C12H25Cl. The van der Waals surface area contributed by atoms with E-state index in [9.17, 15) is 0 Å². The van der Waals surface area contributed by atoms with Gasteiger partial charge in [-0.05, 0) is 31.1 Å². The highest BCUT2D eigenvalue weighted by Gasteiger charge is 2.41. The molecule has 2 atom stereocenters. The molecule has 0 N–H and O–H groups in total. The highest BCUT2D eigenvalue weighted by Crippen LogP contribution is 2.45. The minimum Gasteiger partial charge on any atom is -0.119 e. The molecule has 0 fully saturated rings. The van der Waals surface area contributed by atoms with Crippen molar-refractivity contribution in [2.24, 2.45) is 17.3 Å². The Morgan fingerprint density at radius 3 is 1.69 bits per heavy atom. The van der Waals surface area contributed by atoms with Crippen LogP contribution in [0.5, 0.6) is 0 Å². The first kappa shape index (κ1) is 13.3. The van der Waals surface area contributed by atoms with Gasteiger partial charge in [-0.2, -0.15) is 0 Å². The van der Waals surface area contributed by atoms with E-state index in [2.05, 4.69) is 48.5 Å². The third-order valence-corrected chi connectivity index (χ3v) is 4.66. The minimum absolute atomic E-state index is 0.129. The fourth-order valence-electron chi connectivity index (χ4n) is 1.61. The predicted molar refractivity (Wildman–Crippen MR) is 62.3 cm³/mol. The van der Waals surface area contributed by atoms with Gasteiger partial charge in [-0.15, -0.1) is 11.6 Å². The first-order chi connectivity index (χ1) is 5.64. The SMILES string of the molecule is CCC(C)C(C)C(C)(C)C(C)(C)Cl. The molecule has 1 heteroatoms. The Morgan fingerprint density at radius 2 is 1.46 bits per heavy atom. The summed E-state index contributed by atoms with van der Waals surface area (Å²) < 4.78 is 0. The van der Waals surface area contributed by atoms with E-state index in [-0.39, 0.29) is 10.3 Å². The second kappa shape index (κ2) is 4.21. The summed E-state index contributed by atoms with van der Waals surface area (Å²) in [5, 5.41) is 0. The zero-order valence-electron chi connectivity index (χ0n) is 10.2. The maximum absolute atomic E-state index is 6.42. The van der Waals surface area contributed by atoms with Crippen molar-refractivity contribution >= 4 is 11.6 Å². The van der Waals surface area contributed by atoms with E-state index in [0.29, 0.717) is 5.92 Å². The molecule has 0 aromatic heterocycles. The van der Waals surface area contributed by atoms with Gasteiger partial charge in [0.1, 0.15) is 0 Å². The molecule has 0 saturated heterocycles. The van der Waals surface area contributed by atoms with Crippen LogP contribution in [0.3, 0.4) is 0 Å². The van der Waals surface area contributed by atoms with Gasteiger partial charge in [0.2, 0.25) is 0 Å². The van der Waals surface area contributed by atoms with Gasteiger partial charge in [-0.1, -0.05) is 41.0 Å². The minimum atomic E-state index is -0.129. The van der Waals surface area contributed by atoms with Crippen molar-refractivity contribution in [2.45, 2.75) is 59.8 Å². The van der Waals surface area contributed by atoms with Crippen LogP contribution in [-0.2, 0) is 0 Å². The third-order valence-electron chi connectivity index (χ3n) is 4.17. The van der Waals surface area contributed by atoms with Crippen molar-refractivity contribution in [3.05, 3.63) is 0 Å². The van der Waals surface area contributed by atoms with Crippen molar-refractivity contribution in [1.29, 1.82) is 0 Å². The maximum Gasteiger partial charge on any atom is 0.0444 e. The quantitative estimate of drug-likeness (QED) is 0.582. The van der Waals surface area contributed by atoms with Gasteiger partial charge >= 0.3 is 0 Å². The Labute approximate surface area is 89.1 Å². The molecule has 0 radical (unpaired) electrons. The van der Waals surface area contributed by atoms with Crippen LogP contribution in [0.2, 0.25) is 0 Å². The van der Waals surface area contributed by atoms with Gasteiger partial charge in [0, 0.05) is 4.87 Å². The molecule has 0 aliphatic heterocycles. The van der Waals surface area contributed by atoms with Crippen LogP contribution in [0.25, 0.3) is 0 Å². The van der Waals surface area contributed by atoms with Crippen LogP contribution in [0.4, 0.5) is 0 Å². The average molecular weight is 205 g/mol. The number of rotatable bonds is 4. The van der Waals surface area contributed by atoms with Crippen molar-refractivity contribution < 1.29 is 0 Å². The number of halogens is 1. The van der Waals surface area contributed by atoms with Crippen molar-refractivity contribution in [3.63, 3.8) is 0 Å². The van der Waals surface area contributed by atoms with Gasteiger partial charge in [0.05, 0.1) is 0 Å². The summed E-state index contributed by atoms with van der Waals surface area (Å²) in [6, 6.07) is 0. The van der Waals surface area contributed by atoms with Gasteiger partial charge in [0.25, 0.3) is 0 Å². The summed E-state index contributed by atoms with van der Waals surface area (Å²) in [6.07, 6.45) is 1.23. The zero-order chi connectivity index (χ0) is 10.9. The molecule has 0 bridgehead atoms. The van der Waals surface area contributed by atoms with Crippen molar-refractivity contribution in [3.8, 4) is 0 Å². The number of hydrogen-bond donors (Lipinski definition) is 0. The smallest absolute Gasteiger partial charge is 0.0444 e. The summed E-state index contributed by atoms with van der Waals surface area (Å²) >= 11 is 6.42. The summed E-state index contributed by atoms with van der Waals surface area (Å²) in [4.78, 5) is -0.129. The predicted octanol–water partition coefficient (Wildman–Crippen LogP) is 4.71. The van der Waals surface area contributed by atoms with E-state index in [1.807, 2.05) is 0 Å². The lowest BCUT2D eigenvalue weighted by atomic mass is 9.66. The molecule has 0 nitrogen and oxygen atoms in total. The molecule has 0 rings (SSSR count). The molecule has 0 aliphatic rings. The maximum atomic E-state index is 6.42. The largest absolute Gasteiger partial charge is 0.119 e. The Hall–Kier alpha value is 0.290. The topological polar surface area (TPSA) is 0 Å². The lowest BCUT2D eigenvalue weighted by Gasteiger charge is -2.44. The van der Waals surface area contributed by atoms with E-state index in [1.165, 1.54) is 6.42 Å². The van der Waals surface area contributed by atoms with Crippen LogP contribution in [0, 0.1) is 17.3 Å². The van der Waals surface area contributed by atoms with Crippen LogP contribution in [0.15, 0.2) is 0 Å². The monoisotopic (exact) mass is 204 g/mol. The van der Waals surface area contributed by atoms with Crippen LogP contribution in [-0.4, -0.2) is 4.87 Å². The molecule has 13 heavy (non-hydrogen) atoms. The molecule has 0 aliphatic carbocycles. The van der Waals surface area contributed by atoms with Crippen LogP contribution >= 0.6 is 11.6 Å². The second-order valence-corrected chi connectivity index (χ2v) is 6.31. The highest BCUT2D eigenvalue weighted by atomic mass is 35.5. The first-order valence-electron chi connectivity index (χ1n) is 5.33. The molecule has 0 amide bonds. The van der Waals surface area contributed by atoms with E-state index >= 15 is 0 Å². The lowest BCUT2D eigenvalue weighted by Crippen LogP contribution is -2.41. The number of hydrogen-bond acceptors (Lipinski definition) is 0. The zero-order valence-corrected chi connectivity index (χ0v) is 11.0. The molecule has 0 aromatic carbocycles. The molecular weight excluding hydrogens is 180 g/mol. The Morgan fingerprint density at radius 1 is 1.08 bits per heavy atom. The number of alkyl halides is 1. The van der Waals surface area contributed by atoms with Gasteiger partial charge < -0.3 is 0 Å². The highest BCUT2D eigenvalue weighted by molar-refractivity contribution is 6.23. The normalized spacial score (nSPS) is 18.5. The molecule has 2 unspecified atom stereocenters. The van der Waals surface area contributed by atoms with Crippen molar-refractivity contribution in [2.75, 3.05) is 0 Å².